The standard InChI is InChI=1S/C11H21NO/c1-10-6-3-2-4-9(10)5-7-11(10,13)8-12/h9,13H,2-8,12H2,1H3. The lowest BCUT2D eigenvalue weighted by Gasteiger charge is -2.45. The molecule has 0 aromatic heterocycles. The average Bonchev–Trinajstić information content (AvgIpc) is 2.41. The Balaban J connectivity index is 2.25. The van der Waals surface area contributed by atoms with Crippen LogP contribution in [0.4, 0.5) is 0 Å². The first-order valence-corrected chi connectivity index (χ1v) is 5.55. The molecule has 2 fully saturated rings. The SMILES string of the molecule is CC12CCCCC1CCC2(O)CN. The molecule has 2 nitrogen and oxygen atoms in total. The highest BCUT2D eigenvalue weighted by Gasteiger charge is 2.55. The van der Waals surface area contributed by atoms with Gasteiger partial charge in [-0.05, 0) is 31.6 Å². The van der Waals surface area contributed by atoms with Crippen LogP contribution in [0.1, 0.15) is 45.4 Å². The molecular weight excluding hydrogens is 162 g/mol. The number of fused-ring (bicyclic) bond motifs is 1. The molecule has 0 saturated heterocycles. The minimum absolute atomic E-state index is 0.125. The molecule has 0 heterocycles. The summed E-state index contributed by atoms with van der Waals surface area (Å²) in [6, 6.07) is 0. The van der Waals surface area contributed by atoms with Gasteiger partial charge >= 0.3 is 0 Å². The Morgan fingerprint density at radius 2 is 2.08 bits per heavy atom. The first-order valence-electron chi connectivity index (χ1n) is 5.55. The second-order valence-electron chi connectivity index (χ2n) is 5.13. The Morgan fingerprint density at radius 3 is 2.77 bits per heavy atom. The molecule has 3 atom stereocenters. The van der Waals surface area contributed by atoms with Crippen molar-refractivity contribution in [2.75, 3.05) is 6.54 Å². The van der Waals surface area contributed by atoms with Gasteiger partial charge in [-0.25, -0.2) is 0 Å². The highest BCUT2D eigenvalue weighted by atomic mass is 16.3. The van der Waals surface area contributed by atoms with Crippen LogP contribution in [0.5, 0.6) is 0 Å². The lowest BCUT2D eigenvalue weighted by Crippen LogP contribution is -2.51. The topological polar surface area (TPSA) is 46.2 Å². The molecule has 0 spiro atoms. The molecule has 3 N–H and O–H groups in total. The third kappa shape index (κ3) is 1.15. The molecule has 0 aliphatic heterocycles. The predicted molar refractivity (Wildman–Crippen MR) is 53.3 cm³/mol. The van der Waals surface area contributed by atoms with Crippen molar-refractivity contribution < 1.29 is 5.11 Å². The van der Waals surface area contributed by atoms with Gasteiger partial charge in [-0.15, -0.1) is 0 Å². The zero-order valence-corrected chi connectivity index (χ0v) is 8.55. The zero-order chi connectivity index (χ0) is 9.53. The van der Waals surface area contributed by atoms with Crippen LogP contribution >= 0.6 is 0 Å². The molecule has 13 heavy (non-hydrogen) atoms. The van der Waals surface area contributed by atoms with Crippen molar-refractivity contribution >= 4 is 0 Å². The van der Waals surface area contributed by atoms with Gasteiger partial charge in [-0.2, -0.15) is 0 Å². The summed E-state index contributed by atoms with van der Waals surface area (Å²) < 4.78 is 0. The number of aliphatic hydroxyl groups is 1. The lowest BCUT2D eigenvalue weighted by molar-refractivity contribution is -0.0767. The van der Waals surface area contributed by atoms with Crippen molar-refractivity contribution in [3.8, 4) is 0 Å². The van der Waals surface area contributed by atoms with E-state index in [0.717, 1.165) is 12.3 Å². The van der Waals surface area contributed by atoms with E-state index in [1.54, 1.807) is 0 Å². The quantitative estimate of drug-likeness (QED) is 0.649. The van der Waals surface area contributed by atoms with Gasteiger partial charge in [0.15, 0.2) is 0 Å². The van der Waals surface area contributed by atoms with Gasteiger partial charge in [-0.3, -0.25) is 0 Å². The molecule has 3 unspecified atom stereocenters. The summed E-state index contributed by atoms with van der Waals surface area (Å²) in [4.78, 5) is 0. The van der Waals surface area contributed by atoms with Crippen LogP contribution in [-0.4, -0.2) is 17.3 Å². The summed E-state index contributed by atoms with van der Waals surface area (Å²) >= 11 is 0. The summed E-state index contributed by atoms with van der Waals surface area (Å²) in [6.45, 7) is 2.69. The molecule has 0 amide bonds. The summed E-state index contributed by atoms with van der Waals surface area (Å²) in [5, 5.41) is 10.4. The zero-order valence-electron chi connectivity index (χ0n) is 8.55. The maximum atomic E-state index is 10.4. The van der Waals surface area contributed by atoms with Crippen molar-refractivity contribution in [3.63, 3.8) is 0 Å². The molecule has 2 aliphatic carbocycles. The second-order valence-corrected chi connectivity index (χ2v) is 5.13. The van der Waals surface area contributed by atoms with Gasteiger partial charge < -0.3 is 10.8 Å². The molecular formula is C11H21NO. The van der Waals surface area contributed by atoms with E-state index >= 15 is 0 Å². The van der Waals surface area contributed by atoms with Crippen LogP contribution in [0, 0.1) is 11.3 Å². The minimum atomic E-state index is -0.557. The fraction of sp³-hybridized carbons (Fsp3) is 1.00. The van der Waals surface area contributed by atoms with Gasteiger partial charge in [0.25, 0.3) is 0 Å². The monoisotopic (exact) mass is 183 g/mol. The Bertz CT molecular complexity index is 206. The molecule has 0 radical (unpaired) electrons. The fourth-order valence-corrected chi connectivity index (χ4v) is 3.51. The van der Waals surface area contributed by atoms with Gasteiger partial charge in [0.05, 0.1) is 5.60 Å². The van der Waals surface area contributed by atoms with E-state index in [1.165, 1.54) is 32.1 Å². The largest absolute Gasteiger partial charge is 0.388 e. The van der Waals surface area contributed by atoms with Crippen molar-refractivity contribution in [2.45, 2.75) is 51.0 Å². The van der Waals surface area contributed by atoms with E-state index in [0.29, 0.717) is 6.54 Å². The van der Waals surface area contributed by atoms with E-state index in [4.69, 9.17) is 5.73 Å². The number of nitrogens with two attached hydrogens (primary N) is 1. The Hall–Kier alpha value is -0.0800. The van der Waals surface area contributed by atoms with Gasteiger partial charge in [0.2, 0.25) is 0 Å². The third-order valence-electron chi connectivity index (χ3n) is 4.71. The average molecular weight is 183 g/mol. The molecule has 0 aromatic rings. The molecule has 2 aliphatic rings. The van der Waals surface area contributed by atoms with Crippen LogP contribution in [0.25, 0.3) is 0 Å². The Kier molecular flexibility index (Phi) is 2.16. The van der Waals surface area contributed by atoms with Gasteiger partial charge in [0, 0.05) is 12.0 Å². The summed E-state index contributed by atoms with van der Waals surface area (Å²) in [7, 11) is 0. The highest BCUT2D eigenvalue weighted by molar-refractivity contribution is 5.07. The summed E-state index contributed by atoms with van der Waals surface area (Å²) in [6.07, 6.45) is 7.20. The van der Waals surface area contributed by atoms with Crippen molar-refractivity contribution in [3.05, 3.63) is 0 Å². The van der Waals surface area contributed by atoms with E-state index in [-0.39, 0.29) is 5.41 Å². The van der Waals surface area contributed by atoms with Gasteiger partial charge in [0.1, 0.15) is 0 Å². The van der Waals surface area contributed by atoms with Crippen LogP contribution in [0.15, 0.2) is 0 Å². The van der Waals surface area contributed by atoms with Crippen LogP contribution in [0.3, 0.4) is 0 Å². The molecule has 2 saturated carbocycles. The second kappa shape index (κ2) is 2.96. The van der Waals surface area contributed by atoms with Crippen molar-refractivity contribution in [2.24, 2.45) is 17.1 Å². The highest BCUT2D eigenvalue weighted by Crippen LogP contribution is 2.56. The number of hydrogen-bond acceptors (Lipinski definition) is 2. The van der Waals surface area contributed by atoms with E-state index in [9.17, 15) is 5.11 Å². The first kappa shape index (κ1) is 9.47. The summed E-state index contributed by atoms with van der Waals surface area (Å²) in [5.74, 6) is 0.731. The van der Waals surface area contributed by atoms with Crippen LogP contribution < -0.4 is 5.73 Å². The maximum Gasteiger partial charge on any atom is 0.0825 e. The van der Waals surface area contributed by atoms with Gasteiger partial charge in [-0.1, -0.05) is 19.8 Å². The summed E-state index contributed by atoms with van der Waals surface area (Å²) in [5.41, 5.74) is 5.28. The Morgan fingerprint density at radius 1 is 1.31 bits per heavy atom. The first-order chi connectivity index (χ1) is 6.12. The molecule has 2 rings (SSSR count). The van der Waals surface area contributed by atoms with E-state index < -0.39 is 5.60 Å². The number of rotatable bonds is 1. The number of hydrogen-bond donors (Lipinski definition) is 2. The molecule has 76 valence electrons. The fourth-order valence-electron chi connectivity index (χ4n) is 3.51. The van der Waals surface area contributed by atoms with E-state index in [1.807, 2.05) is 0 Å². The molecule has 0 bridgehead atoms. The van der Waals surface area contributed by atoms with Crippen molar-refractivity contribution in [1.29, 1.82) is 0 Å². The minimum Gasteiger partial charge on any atom is -0.388 e. The predicted octanol–water partition coefficient (Wildman–Crippen LogP) is 1.67. The normalized spacial score (nSPS) is 50.5. The van der Waals surface area contributed by atoms with E-state index in [2.05, 4.69) is 6.92 Å². The van der Waals surface area contributed by atoms with Crippen molar-refractivity contribution in [1.82, 2.24) is 0 Å². The molecule has 2 heteroatoms. The van der Waals surface area contributed by atoms with Crippen LogP contribution in [0.2, 0.25) is 0 Å². The maximum absolute atomic E-state index is 10.4. The Labute approximate surface area is 80.5 Å². The third-order valence-corrected chi connectivity index (χ3v) is 4.71. The lowest BCUT2D eigenvalue weighted by atomic mass is 9.63. The van der Waals surface area contributed by atoms with Crippen LogP contribution in [-0.2, 0) is 0 Å². The smallest absolute Gasteiger partial charge is 0.0825 e. The molecule has 0 aromatic carbocycles.